The average Bonchev–Trinajstić information content (AvgIpc) is 1.98. The standard InChI is InChI=1S/C6H10O5S/c7-1-2-11-6(10)4(12)3-5(8)9/h4,7,12H,1-3H2,(H,8,9). The molecule has 0 aliphatic heterocycles. The number of aliphatic hydroxyl groups excluding tert-OH is 1. The highest BCUT2D eigenvalue weighted by atomic mass is 32.1. The number of esters is 1. The molecule has 0 aliphatic carbocycles. The number of carboxylic acids is 1. The Morgan fingerprint density at radius 1 is 1.50 bits per heavy atom. The van der Waals surface area contributed by atoms with Gasteiger partial charge in [0.2, 0.25) is 0 Å². The molecule has 0 aromatic rings. The third kappa shape index (κ3) is 4.97. The van der Waals surface area contributed by atoms with Crippen LogP contribution in [-0.2, 0) is 14.3 Å². The Bertz CT molecular complexity index is 169. The van der Waals surface area contributed by atoms with Crippen molar-refractivity contribution >= 4 is 24.6 Å². The molecule has 0 saturated carbocycles. The van der Waals surface area contributed by atoms with Crippen molar-refractivity contribution in [3.8, 4) is 0 Å². The summed E-state index contributed by atoms with van der Waals surface area (Å²) in [6.07, 6.45) is -0.382. The predicted molar refractivity (Wildman–Crippen MR) is 43.1 cm³/mol. The normalized spacial score (nSPS) is 12.2. The number of rotatable bonds is 5. The minimum Gasteiger partial charge on any atom is -0.481 e. The Morgan fingerprint density at radius 3 is 2.50 bits per heavy atom. The van der Waals surface area contributed by atoms with Gasteiger partial charge in [-0.1, -0.05) is 0 Å². The van der Waals surface area contributed by atoms with Crippen molar-refractivity contribution < 1.29 is 24.5 Å². The molecule has 0 bridgehead atoms. The minimum atomic E-state index is -1.11. The summed E-state index contributed by atoms with van der Waals surface area (Å²) in [6.45, 7) is -0.408. The lowest BCUT2D eigenvalue weighted by atomic mass is 10.3. The van der Waals surface area contributed by atoms with E-state index >= 15 is 0 Å². The molecule has 1 unspecified atom stereocenters. The van der Waals surface area contributed by atoms with Crippen LogP contribution in [0, 0.1) is 0 Å². The fourth-order valence-electron chi connectivity index (χ4n) is 0.491. The van der Waals surface area contributed by atoms with E-state index in [1.807, 2.05) is 0 Å². The highest BCUT2D eigenvalue weighted by molar-refractivity contribution is 7.81. The number of ether oxygens (including phenoxy) is 1. The average molecular weight is 194 g/mol. The predicted octanol–water partition coefficient (Wildman–Crippen LogP) is -0.705. The largest absolute Gasteiger partial charge is 0.481 e. The van der Waals surface area contributed by atoms with Crippen LogP contribution in [-0.4, -0.2) is 40.6 Å². The molecular weight excluding hydrogens is 184 g/mol. The quantitative estimate of drug-likeness (QED) is 0.398. The molecule has 0 fully saturated rings. The van der Waals surface area contributed by atoms with Crippen LogP contribution in [0.2, 0.25) is 0 Å². The van der Waals surface area contributed by atoms with E-state index in [-0.39, 0.29) is 19.6 Å². The Balaban J connectivity index is 3.69. The first-order valence-electron chi connectivity index (χ1n) is 3.25. The van der Waals surface area contributed by atoms with E-state index < -0.39 is 17.2 Å². The SMILES string of the molecule is O=C(O)CC(S)C(=O)OCCO. The van der Waals surface area contributed by atoms with Crippen molar-refractivity contribution in [3.05, 3.63) is 0 Å². The summed E-state index contributed by atoms with van der Waals surface area (Å²) in [6, 6.07) is 0. The third-order valence-corrected chi connectivity index (χ3v) is 1.37. The van der Waals surface area contributed by atoms with Crippen LogP contribution in [0.5, 0.6) is 0 Å². The van der Waals surface area contributed by atoms with E-state index in [0.717, 1.165) is 0 Å². The number of thiol groups is 1. The van der Waals surface area contributed by atoms with Crippen molar-refractivity contribution in [2.24, 2.45) is 0 Å². The first-order chi connectivity index (χ1) is 5.57. The van der Waals surface area contributed by atoms with E-state index in [1.165, 1.54) is 0 Å². The summed E-state index contributed by atoms with van der Waals surface area (Å²) < 4.78 is 4.43. The van der Waals surface area contributed by atoms with Gasteiger partial charge in [-0.3, -0.25) is 9.59 Å². The van der Waals surface area contributed by atoms with Gasteiger partial charge in [-0.15, -0.1) is 0 Å². The second-order valence-electron chi connectivity index (χ2n) is 2.00. The molecule has 2 N–H and O–H groups in total. The van der Waals surface area contributed by atoms with Crippen molar-refractivity contribution in [3.63, 3.8) is 0 Å². The first kappa shape index (κ1) is 11.2. The highest BCUT2D eigenvalue weighted by Crippen LogP contribution is 2.03. The smallest absolute Gasteiger partial charge is 0.319 e. The molecule has 0 rings (SSSR count). The van der Waals surface area contributed by atoms with Gasteiger partial charge in [0.1, 0.15) is 11.9 Å². The maximum Gasteiger partial charge on any atom is 0.319 e. The topological polar surface area (TPSA) is 83.8 Å². The Labute approximate surface area is 74.7 Å². The van der Waals surface area contributed by atoms with Crippen LogP contribution in [0.25, 0.3) is 0 Å². The van der Waals surface area contributed by atoms with E-state index in [2.05, 4.69) is 17.4 Å². The number of aliphatic carboxylic acids is 1. The van der Waals surface area contributed by atoms with Crippen LogP contribution >= 0.6 is 12.6 Å². The minimum absolute atomic E-state index is 0.129. The van der Waals surface area contributed by atoms with Crippen LogP contribution in [0.1, 0.15) is 6.42 Å². The Morgan fingerprint density at radius 2 is 2.08 bits per heavy atom. The van der Waals surface area contributed by atoms with Gasteiger partial charge in [-0.2, -0.15) is 12.6 Å². The number of carbonyl (C=O) groups is 2. The molecule has 6 heteroatoms. The summed E-state index contributed by atoms with van der Waals surface area (Å²) >= 11 is 3.70. The zero-order chi connectivity index (χ0) is 9.56. The third-order valence-electron chi connectivity index (χ3n) is 0.976. The number of carboxylic acid groups (broad SMARTS) is 1. The van der Waals surface area contributed by atoms with E-state index in [1.54, 1.807) is 0 Å². The molecule has 0 aromatic heterocycles. The number of aliphatic hydroxyl groups is 1. The van der Waals surface area contributed by atoms with Gasteiger partial charge in [-0.05, 0) is 0 Å². The maximum atomic E-state index is 10.8. The molecule has 12 heavy (non-hydrogen) atoms. The van der Waals surface area contributed by atoms with Crippen LogP contribution in [0.4, 0.5) is 0 Å². The summed E-state index contributed by atoms with van der Waals surface area (Å²) in [7, 11) is 0. The molecule has 0 aromatic carbocycles. The molecule has 0 heterocycles. The van der Waals surface area contributed by atoms with Crippen molar-refractivity contribution in [1.82, 2.24) is 0 Å². The number of hydrogen-bond acceptors (Lipinski definition) is 5. The summed E-state index contributed by atoms with van der Waals surface area (Å²) in [4.78, 5) is 20.8. The van der Waals surface area contributed by atoms with E-state index in [4.69, 9.17) is 10.2 Å². The lowest BCUT2D eigenvalue weighted by Gasteiger charge is -2.06. The summed E-state index contributed by atoms with van der Waals surface area (Å²) in [5.74, 6) is -1.84. The zero-order valence-electron chi connectivity index (χ0n) is 6.27. The molecule has 0 aliphatic rings. The van der Waals surface area contributed by atoms with Crippen LogP contribution in [0.3, 0.4) is 0 Å². The monoisotopic (exact) mass is 194 g/mol. The molecule has 0 spiro atoms. The van der Waals surface area contributed by atoms with Gasteiger partial charge in [0.25, 0.3) is 0 Å². The summed E-state index contributed by atoms with van der Waals surface area (Å²) in [5, 5.41) is 15.5. The highest BCUT2D eigenvalue weighted by Gasteiger charge is 2.18. The van der Waals surface area contributed by atoms with E-state index in [9.17, 15) is 9.59 Å². The van der Waals surface area contributed by atoms with Crippen molar-refractivity contribution in [1.29, 1.82) is 0 Å². The molecule has 0 amide bonds. The van der Waals surface area contributed by atoms with Gasteiger partial charge in [0, 0.05) is 0 Å². The Hall–Kier alpha value is -0.750. The molecular formula is C6H10O5S. The number of hydrogen-bond donors (Lipinski definition) is 3. The second kappa shape index (κ2) is 5.84. The maximum absolute atomic E-state index is 10.8. The van der Waals surface area contributed by atoms with Gasteiger partial charge in [0.15, 0.2) is 0 Å². The van der Waals surface area contributed by atoms with Gasteiger partial charge >= 0.3 is 11.9 Å². The molecule has 0 saturated heterocycles. The Kier molecular flexibility index (Phi) is 5.48. The zero-order valence-corrected chi connectivity index (χ0v) is 7.16. The van der Waals surface area contributed by atoms with Gasteiger partial charge in [0.05, 0.1) is 13.0 Å². The molecule has 70 valence electrons. The molecule has 5 nitrogen and oxygen atoms in total. The fraction of sp³-hybridized carbons (Fsp3) is 0.667. The van der Waals surface area contributed by atoms with Crippen LogP contribution in [0.15, 0.2) is 0 Å². The summed E-state index contributed by atoms with van der Waals surface area (Å²) in [5.41, 5.74) is 0. The fourth-order valence-corrected chi connectivity index (χ4v) is 0.722. The van der Waals surface area contributed by atoms with Crippen molar-refractivity contribution in [2.75, 3.05) is 13.2 Å². The lowest BCUT2D eigenvalue weighted by Crippen LogP contribution is -2.22. The molecule has 1 atom stereocenters. The van der Waals surface area contributed by atoms with E-state index in [0.29, 0.717) is 0 Å². The lowest BCUT2D eigenvalue weighted by molar-refractivity contribution is -0.147. The van der Waals surface area contributed by atoms with Gasteiger partial charge < -0.3 is 14.9 Å². The van der Waals surface area contributed by atoms with Crippen molar-refractivity contribution in [2.45, 2.75) is 11.7 Å². The first-order valence-corrected chi connectivity index (χ1v) is 3.77. The molecule has 0 radical (unpaired) electrons. The van der Waals surface area contributed by atoms with Gasteiger partial charge in [-0.25, -0.2) is 0 Å². The van der Waals surface area contributed by atoms with Crippen LogP contribution < -0.4 is 0 Å². The second-order valence-corrected chi connectivity index (χ2v) is 2.63. The number of carbonyl (C=O) groups excluding carboxylic acids is 1.